The molecule has 0 saturated carbocycles. The maximum atomic E-state index is 13.6. The van der Waals surface area contributed by atoms with E-state index in [4.69, 9.17) is 4.74 Å². The predicted octanol–water partition coefficient (Wildman–Crippen LogP) is 2.86. The van der Waals surface area contributed by atoms with Crippen molar-refractivity contribution in [2.45, 2.75) is 12.3 Å². The number of hydrogen-bond acceptors (Lipinski definition) is 4. The van der Waals surface area contributed by atoms with Crippen LogP contribution in [0.2, 0.25) is 0 Å². The zero-order chi connectivity index (χ0) is 17.6. The van der Waals surface area contributed by atoms with Gasteiger partial charge in [0.2, 0.25) is 5.91 Å². The molecule has 25 heavy (non-hydrogen) atoms. The first-order valence-electron chi connectivity index (χ1n) is 7.82. The summed E-state index contributed by atoms with van der Waals surface area (Å²) in [4.78, 5) is 26.4. The lowest BCUT2D eigenvalue weighted by atomic mass is 9.84. The number of benzene rings is 2. The summed E-state index contributed by atoms with van der Waals surface area (Å²) in [5.41, 5.74) is 1.98. The molecule has 0 unspecified atom stereocenters. The Balaban J connectivity index is 1.83. The number of nitrogens with zero attached hydrogens (tertiary/aromatic N) is 1. The van der Waals surface area contributed by atoms with Crippen LogP contribution in [0.1, 0.15) is 17.9 Å². The van der Waals surface area contributed by atoms with Gasteiger partial charge < -0.3 is 9.84 Å². The third-order valence-corrected chi connectivity index (χ3v) is 4.48. The van der Waals surface area contributed by atoms with E-state index in [1.54, 1.807) is 18.2 Å². The van der Waals surface area contributed by atoms with Crippen molar-refractivity contribution in [3.63, 3.8) is 0 Å². The molecule has 2 heterocycles. The molecule has 6 heteroatoms. The summed E-state index contributed by atoms with van der Waals surface area (Å²) < 4.78 is 18.7. The summed E-state index contributed by atoms with van der Waals surface area (Å²) in [5, 5.41) is 9.45. The van der Waals surface area contributed by atoms with Gasteiger partial charge in [-0.05, 0) is 35.9 Å². The van der Waals surface area contributed by atoms with Crippen LogP contribution >= 0.6 is 0 Å². The van der Waals surface area contributed by atoms with E-state index >= 15 is 0 Å². The van der Waals surface area contributed by atoms with Gasteiger partial charge in [-0.1, -0.05) is 18.2 Å². The molecule has 0 spiro atoms. The zero-order valence-electron chi connectivity index (χ0n) is 13.1. The number of cyclic esters (lactones) is 1. The van der Waals surface area contributed by atoms with E-state index in [0.717, 1.165) is 5.56 Å². The summed E-state index contributed by atoms with van der Waals surface area (Å²) in [6, 6.07) is 12.1. The first-order valence-corrected chi connectivity index (χ1v) is 7.82. The minimum absolute atomic E-state index is 0.0228. The fourth-order valence-corrected chi connectivity index (χ4v) is 3.36. The molecule has 2 aromatic rings. The average Bonchev–Trinajstić information content (AvgIpc) is 2.96. The number of ether oxygens (including phenoxy) is 1. The van der Waals surface area contributed by atoms with E-state index in [9.17, 15) is 19.1 Å². The summed E-state index contributed by atoms with van der Waals surface area (Å²) >= 11 is 0. The Morgan fingerprint density at radius 3 is 2.60 bits per heavy atom. The van der Waals surface area contributed by atoms with Gasteiger partial charge in [0.05, 0.1) is 17.0 Å². The highest BCUT2D eigenvalue weighted by atomic mass is 19.1. The SMILES string of the molecule is O=C1OCC2=C1[C@H](c1ccc(O)cc1)CC(=O)N2c1cccc(F)c1. The number of phenols is 1. The largest absolute Gasteiger partial charge is 0.508 e. The topological polar surface area (TPSA) is 66.8 Å². The first kappa shape index (κ1) is 15.4. The molecular weight excluding hydrogens is 325 g/mol. The second-order valence-electron chi connectivity index (χ2n) is 5.99. The maximum absolute atomic E-state index is 13.6. The van der Waals surface area contributed by atoms with Gasteiger partial charge in [-0.3, -0.25) is 9.69 Å². The third kappa shape index (κ3) is 2.55. The Hall–Kier alpha value is -3.15. The number of rotatable bonds is 2. The van der Waals surface area contributed by atoms with Crippen LogP contribution < -0.4 is 4.90 Å². The number of halogens is 1. The van der Waals surface area contributed by atoms with Crippen LogP contribution in [0.25, 0.3) is 0 Å². The van der Waals surface area contributed by atoms with Gasteiger partial charge in [0.1, 0.15) is 18.2 Å². The normalized spacial score (nSPS) is 19.9. The van der Waals surface area contributed by atoms with E-state index in [-0.39, 0.29) is 24.7 Å². The number of anilines is 1. The van der Waals surface area contributed by atoms with E-state index in [1.165, 1.54) is 35.2 Å². The smallest absolute Gasteiger partial charge is 0.336 e. The Morgan fingerprint density at radius 2 is 1.88 bits per heavy atom. The minimum atomic E-state index is -0.470. The summed E-state index contributed by atoms with van der Waals surface area (Å²) in [7, 11) is 0. The van der Waals surface area contributed by atoms with E-state index in [2.05, 4.69) is 0 Å². The lowest BCUT2D eigenvalue weighted by Crippen LogP contribution is -2.37. The van der Waals surface area contributed by atoms with Crippen molar-refractivity contribution < 1.29 is 23.8 Å². The second-order valence-corrected chi connectivity index (χ2v) is 5.99. The fourth-order valence-electron chi connectivity index (χ4n) is 3.36. The van der Waals surface area contributed by atoms with E-state index < -0.39 is 17.7 Å². The molecule has 1 N–H and O–H groups in total. The number of carbonyl (C=O) groups excluding carboxylic acids is 2. The van der Waals surface area contributed by atoms with Gasteiger partial charge in [0.15, 0.2) is 0 Å². The van der Waals surface area contributed by atoms with Crippen LogP contribution in [0.5, 0.6) is 5.75 Å². The van der Waals surface area contributed by atoms with Crippen molar-refractivity contribution in [3.8, 4) is 5.75 Å². The third-order valence-electron chi connectivity index (χ3n) is 4.48. The molecular formula is C19H14FNO4. The van der Waals surface area contributed by atoms with Crippen molar-refractivity contribution >= 4 is 17.6 Å². The zero-order valence-corrected chi connectivity index (χ0v) is 13.1. The number of hydrogen-bond donors (Lipinski definition) is 1. The number of phenolic OH excluding ortho intramolecular Hbond substituents is 1. The van der Waals surface area contributed by atoms with Crippen LogP contribution in [0.4, 0.5) is 10.1 Å². The Labute approximate surface area is 142 Å². The van der Waals surface area contributed by atoms with Crippen LogP contribution in [0, 0.1) is 5.82 Å². The van der Waals surface area contributed by atoms with E-state index in [0.29, 0.717) is 17.0 Å². The van der Waals surface area contributed by atoms with Crippen LogP contribution in [-0.4, -0.2) is 23.6 Å². The molecule has 2 aliphatic heterocycles. The lowest BCUT2D eigenvalue weighted by Gasteiger charge is -2.31. The molecule has 0 fully saturated rings. The van der Waals surface area contributed by atoms with Crippen molar-refractivity contribution in [2.24, 2.45) is 0 Å². The van der Waals surface area contributed by atoms with Crippen molar-refractivity contribution in [3.05, 3.63) is 71.2 Å². The predicted molar refractivity (Wildman–Crippen MR) is 87.3 cm³/mol. The fraction of sp³-hybridized carbons (Fsp3) is 0.158. The van der Waals surface area contributed by atoms with Crippen molar-refractivity contribution in [1.82, 2.24) is 0 Å². The molecule has 5 nitrogen and oxygen atoms in total. The highest BCUT2D eigenvalue weighted by Gasteiger charge is 2.42. The molecule has 0 radical (unpaired) electrons. The molecule has 0 saturated heterocycles. The van der Waals surface area contributed by atoms with Crippen molar-refractivity contribution in [1.29, 1.82) is 0 Å². The first-order chi connectivity index (χ1) is 12.0. The number of amides is 1. The highest BCUT2D eigenvalue weighted by molar-refractivity contribution is 6.06. The average molecular weight is 339 g/mol. The van der Waals surface area contributed by atoms with Gasteiger partial charge in [-0.25, -0.2) is 9.18 Å². The molecule has 1 amide bonds. The molecule has 0 aromatic heterocycles. The number of aromatic hydroxyl groups is 1. The summed E-state index contributed by atoms with van der Waals surface area (Å²) in [5.74, 6) is -1.50. The van der Waals surface area contributed by atoms with Crippen LogP contribution in [0.15, 0.2) is 59.8 Å². The molecule has 126 valence electrons. The Bertz CT molecular complexity index is 904. The second kappa shape index (κ2) is 5.73. The molecule has 0 bridgehead atoms. The molecule has 4 rings (SSSR count). The number of carbonyl (C=O) groups is 2. The minimum Gasteiger partial charge on any atom is -0.508 e. The van der Waals surface area contributed by atoms with Crippen LogP contribution in [-0.2, 0) is 14.3 Å². The summed E-state index contributed by atoms with van der Waals surface area (Å²) in [6.45, 7) is -0.0228. The lowest BCUT2D eigenvalue weighted by molar-refractivity contribution is -0.136. The molecule has 1 atom stereocenters. The van der Waals surface area contributed by atoms with E-state index in [1.807, 2.05) is 0 Å². The maximum Gasteiger partial charge on any atom is 0.336 e. The van der Waals surface area contributed by atoms with Gasteiger partial charge in [0.25, 0.3) is 0 Å². The van der Waals surface area contributed by atoms with Gasteiger partial charge in [-0.2, -0.15) is 0 Å². The van der Waals surface area contributed by atoms with Crippen molar-refractivity contribution in [2.75, 3.05) is 11.5 Å². The summed E-state index contributed by atoms with van der Waals surface area (Å²) in [6.07, 6.45) is 0.0647. The molecule has 2 aliphatic rings. The molecule has 2 aromatic carbocycles. The highest BCUT2D eigenvalue weighted by Crippen LogP contribution is 2.42. The standard InChI is InChI=1S/C19H14FNO4/c20-12-2-1-3-13(8-12)21-16-10-25-19(24)18(16)15(9-17(21)23)11-4-6-14(22)7-5-11/h1-8,15,22H,9-10H2/t15-/m0/s1. The number of esters is 1. The quantitative estimate of drug-likeness (QED) is 0.855. The van der Waals surface area contributed by atoms with Gasteiger partial charge in [-0.15, -0.1) is 0 Å². The van der Waals surface area contributed by atoms with Crippen LogP contribution in [0.3, 0.4) is 0 Å². The monoisotopic (exact) mass is 339 g/mol. The molecule has 0 aliphatic carbocycles. The Morgan fingerprint density at radius 1 is 1.12 bits per heavy atom. The van der Waals surface area contributed by atoms with Gasteiger partial charge >= 0.3 is 5.97 Å². The van der Waals surface area contributed by atoms with Gasteiger partial charge in [0, 0.05) is 12.3 Å². The Kier molecular flexibility index (Phi) is 3.53.